The first-order chi connectivity index (χ1) is 12.1. The molecule has 1 aliphatic rings. The predicted molar refractivity (Wildman–Crippen MR) is 102 cm³/mol. The number of carbonyl (C=O) groups excluding carboxylic acids is 2. The molecule has 0 aromatic heterocycles. The summed E-state index contributed by atoms with van der Waals surface area (Å²) in [5, 5.41) is 8.59. The minimum Gasteiger partial charge on any atom is -0.371 e. The van der Waals surface area contributed by atoms with Crippen LogP contribution in [0.15, 0.2) is 24.3 Å². The highest BCUT2D eigenvalue weighted by atomic mass is 16.2. The number of nitrogens with zero attached hydrogens (tertiary/aromatic N) is 1. The van der Waals surface area contributed by atoms with Crippen LogP contribution in [0.1, 0.15) is 39.0 Å². The number of likely N-dealkylation sites (N-methyl/N-ethyl adjacent to an activating group) is 1. The van der Waals surface area contributed by atoms with Gasteiger partial charge in [-0.25, -0.2) is 0 Å². The molecule has 0 spiro atoms. The lowest BCUT2D eigenvalue weighted by Gasteiger charge is -2.20. The smallest absolute Gasteiger partial charge is 0.246 e. The normalized spacial score (nSPS) is 15.0. The molecule has 1 unspecified atom stereocenters. The standard InChI is InChI=1S/C19H30N4O2/c1-3-4-10-17(22-18(24)14-20-2)19(25)21-15-8-7-9-16(13-15)23-11-5-6-12-23/h7-9,13,17,20H,3-6,10-12,14H2,1-2H3,(H,21,25)(H,22,24). The van der Waals surface area contributed by atoms with Crippen LogP contribution in [0.3, 0.4) is 0 Å². The molecule has 2 rings (SSSR count). The molecule has 1 saturated heterocycles. The Bertz CT molecular complexity index is 570. The lowest BCUT2D eigenvalue weighted by atomic mass is 10.1. The topological polar surface area (TPSA) is 73.5 Å². The number of rotatable bonds is 9. The zero-order chi connectivity index (χ0) is 18.1. The van der Waals surface area contributed by atoms with Crippen LogP contribution in [0.2, 0.25) is 0 Å². The number of amides is 2. The fraction of sp³-hybridized carbons (Fsp3) is 0.579. The average molecular weight is 346 g/mol. The molecule has 1 atom stereocenters. The van der Waals surface area contributed by atoms with E-state index in [0.717, 1.165) is 37.3 Å². The summed E-state index contributed by atoms with van der Waals surface area (Å²) in [7, 11) is 1.71. The van der Waals surface area contributed by atoms with Gasteiger partial charge >= 0.3 is 0 Å². The van der Waals surface area contributed by atoms with Crippen molar-refractivity contribution in [3.63, 3.8) is 0 Å². The first-order valence-electron chi connectivity index (χ1n) is 9.24. The third-order valence-corrected chi connectivity index (χ3v) is 4.42. The van der Waals surface area contributed by atoms with E-state index in [2.05, 4.69) is 33.8 Å². The first-order valence-corrected chi connectivity index (χ1v) is 9.24. The minimum absolute atomic E-state index is 0.156. The van der Waals surface area contributed by atoms with E-state index in [-0.39, 0.29) is 18.4 Å². The van der Waals surface area contributed by atoms with Crippen LogP contribution >= 0.6 is 0 Å². The van der Waals surface area contributed by atoms with Crippen molar-refractivity contribution in [2.45, 2.75) is 45.1 Å². The first kappa shape index (κ1) is 19.2. The van der Waals surface area contributed by atoms with Gasteiger partial charge in [-0.15, -0.1) is 0 Å². The summed E-state index contributed by atoms with van der Waals surface area (Å²) in [6.45, 7) is 4.41. The number of unbranched alkanes of at least 4 members (excludes halogenated alkanes) is 1. The Kier molecular flexibility index (Phi) is 7.73. The minimum atomic E-state index is -0.503. The van der Waals surface area contributed by atoms with Crippen molar-refractivity contribution in [1.82, 2.24) is 10.6 Å². The van der Waals surface area contributed by atoms with Crippen molar-refractivity contribution in [3.05, 3.63) is 24.3 Å². The van der Waals surface area contributed by atoms with Crippen LogP contribution in [0.5, 0.6) is 0 Å². The van der Waals surface area contributed by atoms with Gasteiger partial charge in [0.1, 0.15) is 6.04 Å². The molecule has 0 radical (unpaired) electrons. The molecule has 0 bridgehead atoms. The molecule has 0 saturated carbocycles. The van der Waals surface area contributed by atoms with E-state index in [9.17, 15) is 9.59 Å². The molecule has 3 N–H and O–H groups in total. The molecule has 6 nitrogen and oxygen atoms in total. The van der Waals surface area contributed by atoms with Crippen molar-refractivity contribution in [2.24, 2.45) is 0 Å². The number of hydrogen-bond donors (Lipinski definition) is 3. The van der Waals surface area contributed by atoms with Gasteiger partial charge in [-0.1, -0.05) is 25.8 Å². The number of anilines is 2. The van der Waals surface area contributed by atoms with Crippen LogP contribution in [0, 0.1) is 0 Å². The molecular formula is C19H30N4O2. The molecule has 1 fully saturated rings. The highest BCUT2D eigenvalue weighted by Crippen LogP contribution is 2.23. The number of hydrogen-bond acceptors (Lipinski definition) is 4. The van der Waals surface area contributed by atoms with E-state index >= 15 is 0 Å². The van der Waals surface area contributed by atoms with E-state index in [1.54, 1.807) is 7.05 Å². The van der Waals surface area contributed by atoms with E-state index in [1.807, 2.05) is 18.2 Å². The van der Waals surface area contributed by atoms with Crippen LogP contribution in [0.4, 0.5) is 11.4 Å². The summed E-state index contributed by atoms with van der Waals surface area (Å²) in [5.41, 5.74) is 1.92. The Hall–Kier alpha value is -2.08. The van der Waals surface area contributed by atoms with Gasteiger partial charge in [0.25, 0.3) is 0 Å². The molecule has 1 aromatic carbocycles. The molecule has 1 heterocycles. The maximum Gasteiger partial charge on any atom is 0.246 e. The summed E-state index contributed by atoms with van der Waals surface area (Å²) < 4.78 is 0. The lowest BCUT2D eigenvalue weighted by Crippen LogP contribution is -2.46. The van der Waals surface area contributed by atoms with Crippen molar-refractivity contribution < 1.29 is 9.59 Å². The van der Waals surface area contributed by atoms with Gasteiger partial charge in [0.15, 0.2) is 0 Å². The van der Waals surface area contributed by atoms with Crippen LogP contribution in [0.25, 0.3) is 0 Å². The zero-order valence-corrected chi connectivity index (χ0v) is 15.3. The summed E-state index contributed by atoms with van der Waals surface area (Å²) >= 11 is 0. The quantitative estimate of drug-likeness (QED) is 0.640. The Morgan fingerprint density at radius 1 is 1.24 bits per heavy atom. The molecule has 0 aliphatic carbocycles. The van der Waals surface area contributed by atoms with Crippen molar-refractivity contribution in [1.29, 1.82) is 0 Å². The SMILES string of the molecule is CCCCC(NC(=O)CNC)C(=O)Nc1cccc(N2CCCC2)c1. The third-order valence-electron chi connectivity index (χ3n) is 4.42. The van der Waals surface area contributed by atoms with Gasteiger partial charge in [-0.3, -0.25) is 9.59 Å². The van der Waals surface area contributed by atoms with Crippen LogP contribution < -0.4 is 20.9 Å². The summed E-state index contributed by atoms with van der Waals surface area (Å²) in [6.07, 6.45) is 4.95. The molecule has 1 aliphatic heterocycles. The molecule has 138 valence electrons. The van der Waals surface area contributed by atoms with Gasteiger partial charge in [-0.2, -0.15) is 0 Å². The fourth-order valence-corrected chi connectivity index (χ4v) is 3.07. The maximum absolute atomic E-state index is 12.6. The van der Waals surface area contributed by atoms with Gasteiger partial charge < -0.3 is 20.9 Å². The Balaban J connectivity index is 2.00. The van der Waals surface area contributed by atoms with E-state index in [0.29, 0.717) is 6.42 Å². The molecule has 6 heteroatoms. The van der Waals surface area contributed by atoms with Gasteiger partial charge in [0, 0.05) is 24.5 Å². The van der Waals surface area contributed by atoms with Gasteiger partial charge in [0.2, 0.25) is 11.8 Å². The van der Waals surface area contributed by atoms with E-state index < -0.39 is 6.04 Å². The largest absolute Gasteiger partial charge is 0.371 e. The second-order valence-corrected chi connectivity index (χ2v) is 6.53. The van der Waals surface area contributed by atoms with Crippen molar-refractivity contribution >= 4 is 23.2 Å². The summed E-state index contributed by atoms with van der Waals surface area (Å²) in [6, 6.07) is 7.43. The average Bonchev–Trinajstić information content (AvgIpc) is 3.13. The van der Waals surface area contributed by atoms with E-state index in [4.69, 9.17) is 0 Å². The molecular weight excluding hydrogens is 316 g/mol. The summed E-state index contributed by atoms with van der Waals surface area (Å²) in [5.74, 6) is -0.318. The van der Waals surface area contributed by atoms with E-state index in [1.165, 1.54) is 12.8 Å². The Morgan fingerprint density at radius 2 is 2.00 bits per heavy atom. The Morgan fingerprint density at radius 3 is 2.68 bits per heavy atom. The molecule has 25 heavy (non-hydrogen) atoms. The number of benzene rings is 1. The van der Waals surface area contributed by atoms with Crippen molar-refractivity contribution in [3.8, 4) is 0 Å². The number of carbonyl (C=O) groups is 2. The van der Waals surface area contributed by atoms with Gasteiger partial charge in [0.05, 0.1) is 6.54 Å². The lowest BCUT2D eigenvalue weighted by molar-refractivity contribution is -0.126. The maximum atomic E-state index is 12.6. The van der Waals surface area contributed by atoms with Crippen LogP contribution in [-0.4, -0.2) is 44.5 Å². The summed E-state index contributed by atoms with van der Waals surface area (Å²) in [4.78, 5) is 26.8. The monoisotopic (exact) mass is 346 g/mol. The molecule has 2 amide bonds. The zero-order valence-electron chi connectivity index (χ0n) is 15.3. The van der Waals surface area contributed by atoms with Crippen LogP contribution in [-0.2, 0) is 9.59 Å². The highest BCUT2D eigenvalue weighted by molar-refractivity contribution is 5.97. The van der Waals surface area contributed by atoms with Gasteiger partial charge in [-0.05, 0) is 44.5 Å². The second-order valence-electron chi connectivity index (χ2n) is 6.53. The fourth-order valence-electron chi connectivity index (χ4n) is 3.07. The van der Waals surface area contributed by atoms with Crippen molar-refractivity contribution in [2.75, 3.05) is 36.9 Å². The second kappa shape index (κ2) is 10.0. The molecule has 1 aromatic rings. The third kappa shape index (κ3) is 6.05. The number of nitrogens with one attached hydrogen (secondary N) is 3. The highest BCUT2D eigenvalue weighted by Gasteiger charge is 2.20. The predicted octanol–water partition coefficient (Wildman–Crippen LogP) is 2.12. The Labute approximate surface area is 150 Å².